The van der Waals surface area contributed by atoms with E-state index in [1.165, 1.54) is 0 Å². The molecule has 4 rings (SSSR count). The molecule has 3 aliphatic heterocycles. The van der Waals surface area contributed by atoms with Crippen molar-refractivity contribution >= 4 is 0 Å². The third-order valence-corrected chi connectivity index (χ3v) is 4.13. The predicted octanol–water partition coefficient (Wildman–Crippen LogP) is 0.326. The first-order valence-electron chi connectivity index (χ1n) is 6.94. The van der Waals surface area contributed by atoms with E-state index in [1.54, 1.807) is 0 Å². The Labute approximate surface area is 108 Å². The van der Waals surface area contributed by atoms with E-state index in [0.717, 1.165) is 51.3 Å². The molecule has 3 saturated heterocycles. The van der Waals surface area contributed by atoms with E-state index in [9.17, 15) is 5.11 Å². The van der Waals surface area contributed by atoms with Crippen molar-refractivity contribution in [2.24, 2.45) is 0 Å². The molecule has 2 unspecified atom stereocenters. The summed E-state index contributed by atoms with van der Waals surface area (Å²) < 4.78 is 1.93. The van der Waals surface area contributed by atoms with Gasteiger partial charge in [0.15, 0.2) is 0 Å². The fraction of sp³-hybridized carbons (Fsp3) is 0.769. The van der Waals surface area contributed by atoms with Crippen LogP contribution in [0, 0.1) is 0 Å². The normalized spacial score (nSPS) is 32.7. The molecule has 2 atom stereocenters. The monoisotopic (exact) mass is 250 g/mol. The van der Waals surface area contributed by atoms with E-state index in [2.05, 4.69) is 21.8 Å². The Kier molecular flexibility index (Phi) is 3.37. The highest BCUT2D eigenvalue weighted by Crippen LogP contribution is 2.26. The largest absolute Gasteiger partial charge is 0.387 e. The highest BCUT2D eigenvalue weighted by molar-refractivity contribution is 5.12. The third-order valence-electron chi connectivity index (χ3n) is 4.13. The van der Waals surface area contributed by atoms with Crippen LogP contribution in [-0.2, 0) is 6.54 Å². The smallest absolute Gasteiger partial charge is 0.0987 e. The SMILES string of the molecule is CCCn1cc(C(O)C2CN3CCN2CC3)cn1. The second kappa shape index (κ2) is 4.99. The molecule has 0 radical (unpaired) electrons. The molecular weight excluding hydrogens is 228 g/mol. The number of rotatable bonds is 4. The number of hydrogen-bond acceptors (Lipinski definition) is 4. The van der Waals surface area contributed by atoms with Crippen molar-refractivity contribution in [3.8, 4) is 0 Å². The standard InChI is InChI=1S/C13H22N4O/c1-2-3-17-9-11(8-14-17)13(18)12-10-15-4-6-16(12)7-5-15/h8-9,12-13,18H,2-7,10H2,1H3. The van der Waals surface area contributed by atoms with Gasteiger partial charge in [-0.2, -0.15) is 5.10 Å². The number of hydrogen-bond donors (Lipinski definition) is 1. The van der Waals surface area contributed by atoms with Crippen molar-refractivity contribution in [1.29, 1.82) is 0 Å². The van der Waals surface area contributed by atoms with Crippen LogP contribution in [0.15, 0.2) is 12.4 Å². The van der Waals surface area contributed by atoms with Gasteiger partial charge in [0.2, 0.25) is 0 Å². The van der Waals surface area contributed by atoms with Crippen LogP contribution in [0.5, 0.6) is 0 Å². The van der Waals surface area contributed by atoms with Crippen molar-refractivity contribution in [2.45, 2.75) is 32.0 Å². The van der Waals surface area contributed by atoms with Crippen LogP contribution in [-0.4, -0.2) is 63.5 Å². The Morgan fingerprint density at radius 1 is 1.39 bits per heavy atom. The molecule has 1 aromatic heterocycles. The maximum absolute atomic E-state index is 10.5. The lowest BCUT2D eigenvalue weighted by Gasteiger charge is -2.48. The van der Waals surface area contributed by atoms with Gasteiger partial charge in [-0.25, -0.2) is 0 Å². The number of nitrogens with zero attached hydrogens (tertiary/aromatic N) is 4. The maximum Gasteiger partial charge on any atom is 0.0987 e. The fourth-order valence-electron chi connectivity index (χ4n) is 3.06. The van der Waals surface area contributed by atoms with E-state index in [4.69, 9.17) is 0 Å². The van der Waals surface area contributed by atoms with Crippen molar-refractivity contribution in [1.82, 2.24) is 19.6 Å². The van der Waals surface area contributed by atoms with Gasteiger partial charge in [-0.3, -0.25) is 14.5 Å². The van der Waals surface area contributed by atoms with Gasteiger partial charge in [-0.1, -0.05) is 6.92 Å². The van der Waals surface area contributed by atoms with Gasteiger partial charge in [-0.15, -0.1) is 0 Å². The minimum Gasteiger partial charge on any atom is -0.387 e. The summed E-state index contributed by atoms with van der Waals surface area (Å²) in [7, 11) is 0. The van der Waals surface area contributed by atoms with E-state index in [-0.39, 0.29) is 6.04 Å². The molecule has 0 saturated carbocycles. The van der Waals surface area contributed by atoms with Gasteiger partial charge < -0.3 is 5.11 Å². The molecule has 0 aromatic carbocycles. The predicted molar refractivity (Wildman–Crippen MR) is 69.3 cm³/mol. The summed E-state index contributed by atoms with van der Waals surface area (Å²) in [5.74, 6) is 0. The molecule has 5 nitrogen and oxygen atoms in total. The van der Waals surface area contributed by atoms with E-state index in [0.29, 0.717) is 0 Å². The molecule has 0 amide bonds. The maximum atomic E-state index is 10.5. The summed E-state index contributed by atoms with van der Waals surface area (Å²) >= 11 is 0. The van der Waals surface area contributed by atoms with Crippen molar-refractivity contribution in [3.05, 3.63) is 18.0 Å². The van der Waals surface area contributed by atoms with Gasteiger partial charge in [-0.05, 0) is 6.42 Å². The van der Waals surface area contributed by atoms with Crippen molar-refractivity contribution < 1.29 is 5.11 Å². The Balaban J connectivity index is 1.71. The lowest BCUT2D eigenvalue weighted by molar-refractivity contribution is -0.0470. The van der Waals surface area contributed by atoms with Gasteiger partial charge in [0.1, 0.15) is 0 Å². The van der Waals surface area contributed by atoms with Crippen LogP contribution in [0.2, 0.25) is 0 Å². The van der Waals surface area contributed by atoms with Crippen LogP contribution in [0.3, 0.4) is 0 Å². The van der Waals surface area contributed by atoms with Gasteiger partial charge in [0, 0.05) is 51.0 Å². The quantitative estimate of drug-likeness (QED) is 0.836. The first-order valence-corrected chi connectivity index (χ1v) is 6.94. The molecule has 1 aromatic rings. The second-order valence-corrected chi connectivity index (χ2v) is 5.39. The number of aliphatic hydroxyl groups is 1. The molecule has 5 heteroatoms. The van der Waals surface area contributed by atoms with Crippen LogP contribution < -0.4 is 0 Å². The molecule has 0 aliphatic carbocycles. The molecule has 2 bridgehead atoms. The Hall–Kier alpha value is -0.910. The zero-order chi connectivity index (χ0) is 12.5. The van der Waals surface area contributed by atoms with Gasteiger partial charge >= 0.3 is 0 Å². The van der Waals surface area contributed by atoms with E-state index < -0.39 is 6.10 Å². The van der Waals surface area contributed by atoms with E-state index >= 15 is 0 Å². The van der Waals surface area contributed by atoms with Crippen molar-refractivity contribution in [2.75, 3.05) is 32.7 Å². The summed E-state index contributed by atoms with van der Waals surface area (Å²) in [5, 5.41) is 14.8. The summed E-state index contributed by atoms with van der Waals surface area (Å²) in [5.41, 5.74) is 0.960. The molecule has 18 heavy (non-hydrogen) atoms. The minimum atomic E-state index is -0.404. The Morgan fingerprint density at radius 3 is 2.78 bits per heavy atom. The van der Waals surface area contributed by atoms with Gasteiger partial charge in [0.05, 0.1) is 18.3 Å². The number of piperazine rings is 3. The Morgan fingerprint density at radius 2 is 2.17 bits per heavy atom. The van der Waals surface area contributed by atoms with E-state index in [1.807, 2.05) is 17.1 Å². The van der Waals surface area contributed by atoms with Crippen LogP contribution in [0.25, 0.3) is 0 Å². The molecular formula is C13H22N4O. The number of aryl methyl sites for hydroxylation is 1. The molecule has 100 valence electrons. The summed E-state index contributed by atoms with van der Waals surface area (Å²) in [4.78, 5) is 4.87. The van der Waals surface area contributed by atoms with Crippen LogP contribution in [0.4, 0.5) is 0 Å². The molecule has 0 spiro atoms. The van der Waals surface area contributed by atoms with Crippen LogP contribution in [0.1, 0.15) is 25.0 Å². The zero-order valence-corrected chi connectivity index (χ0v) is 11.0. The topological polar surface area (TPSA) is 44.5 Å². The summed E-state index contributed by atoms with van der Waals surface area (Å²) in [6, 6.07) is 0.242. The molecule has 3 aliphatic rings. The number of aliphatic hydroxyl groups excluding tert-OH is 1. The third kappa shape index (κ3) is 2.18. The lowest BCUT2D eigenvalue weighted by Crippen LogP contribution is -2.62. The minimum absolute atomic E-state index is 0.242. The molecule has 1 N–H and O–H groups in total. The fourth-order valence-corrected chi connectivity index (χ4v) is 3.06. The highest BCUT2D eigenvalue weighted by Gasteiger charge is 2.36. The molecule has 4 heterocycles. The Bertz CT molecular complexity index is 397. The first kappa shape index (κ1) is 12.1. The second-order valence-electron chi connectivity index (χ2n) is 5.39. The summed E-state index contributed by atoms with van der Waals surface area (Å²) in [6.45, 7) is 8.52. The van der Waals surface area contributed by atoms with Gasteiger partial charge in [0.25, 0.3) is 0 Å². The molecule has 3 fully saturated rings. The van der Waals surface area contributed by atoms with Crippen molar-refractivity contribution in [3.63, 3.8) is 0 Å². The van der Waals surface area contributed by atoms with Crippen LogP contribution >= 0.6 is 0 Å². The zero-order valence-electron chi connectivity index (χ0n) is 11.0. The summed E-state index contributed by atoms with van der Waals surface area (Å²) in [6.07, 6.45) is 4.48. The number of aromatic nitrogens is 2. The average Bonchev–Trinajstić information content (AvgIpc) is 2.88. The average molecular weight is 250 g/mol. The first-order chi connectivity index (χ1) is 8.78. The lowest BCUT2D eigenvalue weighted by atomic mass is 9.99. The number of fused-ring (bicyclic) bond motifs is 3. The highest BCUT2D eigenvalue weighted by atomic mass is 16.3.